The van der Waals surface area contributed by atoms with Crippen molar-refractivity contribution in [3.8, 4) is 0 Å². The molecule has 1 aromatic carbocycles. The highest BCUT2D eigenvalue weighted by atomic mass is 19.4. The van der Waals surface area contributed by atoms with Crippen molar-refractivity contribution in [3.05, 3.63) is 28.8 Å². The number of anilines is 1. The molecule has 0 aliphatic carbocycles. The van der Waals surface area contributed by atoms with Crippen molar-refractivity contribution in [1.82, 2.24) is 0 Å². The standard InChI is InChI=1S/C13H16F3NO2/c1-3-5-8-6-9(12(18)19-4-2)7-10(11(8)17)13(14,15)16/h6-7H,3-5,17H2,1-2H3. The maximum atomic E-state index is 12.9. The van der Waals surface area contributed by atoms with Gasteiger partial charge < -0.3 is 10.5 Å². The summed E-state index contributed by atoms with van der Waals surface area (Å²) < 4.78 is 43.3. The molecule has 0 heterocycles. The van der Waals surface area contributed by atoms with Gasteiger partial charge in [0, 0.05) is 5.69 Å². The predicted molar refractivity (Wildman–Crippen MR) is 65.8 cm³/mol. The maximum absolute atomic E-state index is 12.9. The van der Waals surface area contributed by atoms with Crippen LogP contribution in [0.25, 0.3) is 0 Å². The topological polar surface area (TPSA) is 52.3 Å². The van der Waals surface area contributed by atoms with E-state index in [1.54, 1.807) is 6.92 Å². The molecule has 2 N–H and O–H groups in total. The second kappa shape index (κ2) is 5.95. The van der Waals surface area contributed by atoms with Crippen LogP contribution in [-0.2, 0) is 17.3 Å². The van der Waals surface area contributed by atoms with Crippen molar-refractivity contribution < 1.29 is 22.7 Å². The first-order valence-electron chi connectivity index (χ1n) is 5.98. The smallest absolute Gasteiger partial charge is 0.418 e. The molecule has 0 saturated carbocycles. The van der Waals surface area contributed by atoms with Crippen LogP contribution in [0, 0.1) is 0 Å². The van der Waals surface area contributed by atoms with Gasteiger partial charge in [-0.2, -0.15) is 13.2 Å². The van der Waals surface area contributed by atoms with Crippen LogP contribution in [0.3, 0.4) is 0 Å². The number of halogens is 3. The third kappa shape index (κ3) is 3.62. The van der Waals surface area contributed by atoms with Crippen molar-refractivity contribution in [2.24, 2.45) is 0 Å². The number of hydrogen-bond donors (Lipinski definition) is 1. The van der Waals surface area contributed by atoms with Gasteiger partial charge in [0.25, 0.3) is 0 Å². The molecule has 0 radical (unpaired) electrons. The fourth-order valence-electron chi connectivity index (χ4n) is 1.76. The molecule has 0 fully saturated rings. The average molecular weight is 275 g/mol. The van der Waals surface area contributed by atoms with E-state index >= 15 is 0 Å². The van der Waals surface area contributed by atoms with E-state index in [1.807, 2.05) is 6.92 Å². The first kappa shape index (κ1) is 15.3. The zero-order chi connectivity index (χ0) is 14.6. The summed E-state index contributed by atoms with van der Waals surface area (Å²) in [6, 6.07) is 2.11. The van der Waals surface area contributed by atoms with Crippen molar-refractivity contribution in [3.63, 3.8) is 0 Å². The second-order valence-corrected chi connectivity index (χ2v) is 4.06. The minimum absolute atomic E-state index is 0.105. The number of alkyl halides is 3. The Bertz CT molecular complexity index is 470. The molecule has 106 valence electrons. The maximum Gasteiger partial charge on any atom is 0.418 e. The van der Waals surface area contributed by atoms with E-state index in [4.69, 9.17) is 10.5 Å². The summed E-state index contributed by atoms with van der Waals surface area (Å²) in [5.41, 5.74) is 4.43. The number of carbonyl (C=O) groups is 1. The number of carbonyl (C=O) groups excluding carboxylic acids is 1. The lowest BCUT2D eigenvalue weighted by molar-refractivity contribution is -0.137. The van der Waals surface area contributed by atoms with Crippen LogP contribution in [0.5, 0.6) is 0 Å². The van der Waals surface area contributed by atoms with Crippen LogP contribution < -0.4 is 5.73 Å². The molecule has 0 atom stereocenters. The number of benzene rings is 1. The van der Waals surface area contributed by atoms with Crippen molar-refractivity contribution in [2.45, 2.75) is 32.9 Å². The fraction of sp³-hybridized carbons (Fsp3) is 0.462. The van der Waals surface area contributed by atoms with E-state index in [-0.39, 0.29) is 17.9 Å². The molecule has 6 heteroatoms. The summed E-state index contributed by atoms with van der Waals surface area (Å²) in [6.45, 7) is 3.52. The number of ether oxygens (including phenoxy) is 1. The molecular weight excluding hydrogens is 259 g/mol. The number of rotatable bonds is 4. The van der Waals surface area contributed by atoms with Crippen LogP contribution in [0.1, 0.15) is 41.8 Å². The zero-order valence-electron chi connectivity index (χ0n) is 10.8. The third-order valence-electron chi connectivity index (χ3n) is 2.60. The Morgan fingerprint density at radius 1 is 1.32 bits per heavy atom. The summed E-state index contributed by atoms with van der Waals surface area (Å²) >= 11 is 0. The molecule has 19 heavy (non-hydrogen) atoms. The Morgan fingerprint density at radius 3 is 2.42 bits per heavy atom. The number of aryl methyl sites for hydroxylation is 1. The van der Waals surface area contributed by atoms with Gasteiger partial charge in [-0.25, -0.2) is 4.79 Å². The Hall–Kier alpha value is -1.72. The summed E-state index contributed by atoms with van der Waals surface area (Å²) in [5.74, 6) is -0.773. The van der Waals surface area contributed by atoms with E-state index in [0.29, 0.717) is 18.4 Å². The van der Waals surface area contributed by atoms with Crippen molar-refractivity contribution in [1.29, 1.82) is 0 Å². The lowest BCUT2D eigenvalue weighted by Gasteiger charge is -2.15. The highest BCUT2D eigenvalue weighted by molar-refractivity contribution is 5.91. The van der Waals surface area contributed by atoms with Gasteiger partial charge >= 0.3 is 12.1 Å². The molecule has 0 aliphatic heterocycles. The number of esters is 1. The zero-order valence-corrected chi connectivity index (χ0v) is 10.8. The minimum atomic E-state index is -4.59. The number of hydrogen-bond acceptors (Lipinski definition) is 3. The largest absolute Gasteiger partial charge is 0.462 e. The molecule has 3 nitrogen and oxygen atoms in total. The van der Waals surface area contributed by atoms with E-state index in [2.05, 4.69) is 0 Å². The molecule has 1 aromatic rings. The molecule has 0 aromatic heterocycles. The molecule has 0 saturated heterocycles. The highest BCUT2D eigenvalue weighted by Gasteiger charge is 2.34. The lowest BCUT2D eigenvalue weighted by atomic mass is 9.99. The summed E-state index contributed by atoms with van der Waals surface area (Å²) in [4.78, 5) is 11.6. The Kier molecular flexibility index (Phi) is 4.80. The number of nitrogens with two attached hydrogens (primary N) is 1. The Balaban J connectivity index is 3.35. The highest BCUT2D eigenvalue weighted by Crippen LogP contribution is 2.36. The third-order valence-corrected chi connectivity index (χ3v) is 2.60. The molecular formula is C13H16F3NO2. The van der Waals surface area contributed by atoms with Crippen LogP contribution in [0.15, 0.2) is 12.1 Å². The van der Waals surface area contributed by atoms with Gasteiger partial charge in [-0.15, -0.1) is 0 Å². The molecule has 0 spiro atoms. The Morgan fingerprint density at radius 2 is 1.95 bits per heavy atom. The number of nitrogen functional groups attached to an aromatic ring is 1. The monoisotopic (exact) mass is 275 g/mol. The van der Waals surface area contributed by atoms with E-state index in [1.165, 1.54) is 6.07 Å². The molecule has 0 bridgehead atoms. The van der Waals surface area contributed by atoms with E-state index in [0.717, 1.165) is 6.07 Å². The van der Waals surface area contributed by atoms with Gasteiger partial charge in [-0.1, -0.05) is 13.3 Å². The van der Waals surface area contributed by atoms with E-state index < -0.39 is 17.7 Å². The van der Waals surface area contributed by atoms with Crippen LogP contribution in [0.4, 0.5) is 18.9 Å². The van der Waals surface area contributed by atoms with Gasteiger partial charge in [0.2, 0.25) is 0 Å². The summed E-state index contributed by atoms with van der Waals surface area (Å²) in [6.07, 6.45) is -3.58. The van der Waals surface area contributed by atoms with Gasteiger partial charge in [-0.3, -0.25) is 0 Å². The van der Waals surface area contributed by atoms with Crippen LogP contribution in [-0.4, -0.2) is 12.6 Å². The van der Waals surface area contributed by atoms with Gasteiger partial charge in [0.15, 0.2) is 0 Å². The van der Waals surface area contributed by atoms with Gasteiger partial charge in [0.05, 0.1) is 17.7 Å². The summed E-state index contributed by atoms with van der Waals surface area (Å²) in [7, 11) is 0. The first-order valence-corrected chi connectivity index (χ1v) is 5.98. The molecule has 0 aliphatic rings. The van der Waals surface area contributed by atoms with Gasteiger partial charge in [0.1, 0.15) is 0 Å². The molecule has 0 unspecified atom stereocenters. The minimum Gasteiger partial charge on any atom is -0.462 e. The average Bonchev–Trinajstić information content (AvgIpc) is 2.30. The Labute approximate surface area is 109 Å². The van der Waals surface area contributed by atoms with Gasteiger partial charge in [-0.05, 0) is 31.0 Å². The SMILES string of the molecule is CCCc1cc(C(=O)OCC)cc(C(F)(F)F)c1N. The quantitative estimate of drug-likeness (QED) is 0.676. The van der Waals surface area contributed by atoms with Crippen LogP contribution >= 0.6 is 0 Å². The van der Waals surface area contributed by atoms with E-state index in [9.17, 15) is 18.0 Å². The van der Waals surface area contributed by atoms with Crippen molar-refractivity contribution in [2.75, 3.05) is 12.3 Å². The predicted octanol–water partition coefficient (Wildman–Crippen LogP) is 3.42. The normalized spacial score (nSPS) is 11.4. The van der Waals surface area contributed by atoms with Crippen LogP contribution in [0.2, 0.25) is 0 Å². The molecule has 0 amide bonds. The first-order chi connectivity index (χ1) is 8.81. The lowest BCUT2D eigenvalue weighted by Crippen LogP contribution is -2.14. The summed E-state index contributed by atoms with van der Waals surface area (Å²) in [5, 5.41) is 0. The van der Waals surface area contributed by atoms with Crippen molar-refractivity contribution >= 4 is 11.7 Å². The fourth-order valence-corrected chi connectivity index (χ4v) is 1.76. The molecule has 1 rings (SSSR count). The second-order valence-electron chi connectivity index (χ2n) is 4.06.